The third-order valence-corrected chi connectivity index (χ3v) is 8.56. The van der Waals surface area contributed by atoms with Gasteiger partial charge in [-0.25, -0.2) is 0 Å². The maximum atomic E-state index is 12.1. The van der Waals surface area contributed by atoms with Gasteiger partial charge in [-0.15, -0.1) is 0 Å². The number of hydrogen-bond donors (Lipinski definition) is 1. The average molecular weight is 316 g/mol. The van der Waals surface area contributed by atoms with E-state index in [1.807, 2.05) is 0 Å². The van der Waals surface area contributed by atoms with Crippen molar-refractivity contribution in [1.82, 2.24) is 0 Å². The molecule has 0 amide bonds. The van der Waals surface area contributed by atoms with E-state index >= 15 is 0 Å². The van der Waals surface area contributed by atoms with Crippen LogP contribution in [0.25, 0.3) is 0 Å². The Balaban J connectivity index is 1.68. The first-order valence-corrected chi connectivity index (χ1v) is 9.74. The second kappa shape index (κ2) is 5.18. The molecule has 0 heterocycles. The molecule has 0 saturated heterocycles. The number of Topliss-reactive ketones (excluding diaryl/α,β-unsaturated/α-hetero) is 1. The number of carbonyl (C=O) groups excluding carboxylic acids is 1. The van der Waals surface area contributed by atoms with Crippen LogP contribution < -0.4 is 0 Å². The highest BCUT2D eigenvalue weighted by molar-refractivity contribution is 5.80. The Morgan fingerprint density at radius 3 is 2.65 bits per heavy atom. The first kappa shape index (κ1) is 15.9. The smallest absolute Gasteiger partial charge is 0.133 e. The monoisotopic (exact) mass is 316 g/mol. The number of fused-ring (bicyclic) bond motifs is 5. The van der Waals surface area contributed by atoms with E-state index in [0.717, 1.165) is 25.2 Å². The summed E-state index contributed by atoms with van der Waals surface area (Å²) >= 11 is 0. The van der Waals surface area contributed by atoms with Gasteiger partial charge in [0.2, 0.25) is 0 Å². The van der Waals surface area contributed by atoms with Gasteiger partial charge in [0, 0.05) is 5.92 Å². The van der Waals surface area contributed by atoms with Crippen molar-refractivity contribution in [1.29, 1.82) is 0 Å². The molecule has 0 aromatic heterocycles. The molecule has 3 saturated carbocycles. The maximum absolute atomic E-state index is 12.1. The number of carbonyl (C=O) groups is 1. The lowest BCUT2D eigenvalue weighted by Gasteiger charge is -2.58. The van der Waals surface area contributed by atoms with Crippen molar-refractivity contribution in [2.24, 2.45) is 40.4 Å². The van der Waals surface area contributed by atoms with Gasteiger partial charge in [0.15, 0.2) is 0 Å². The van der Waals surface area contributed by atoms with E-state index in [1.165, 1.54) is 25.7 Å². The lowest BCUT2D eigenvalue weighted by Crippen LogP contribution is -2.52. The zero-order chi connectivity index (χ0) is 16.4. The Labute approximate surface area is 140 Å². The maximum Gasteiger partial charge on any atom is 0.133 e. The topological polar surface area (TPSA) is 37.3 Å². The average Bonchev–Trinajstić information content (AvgIpc) is 2.85. The van der Waals surface area contributed by atoms with Crippen LogP contribution in [0, 0.1) is 40.4 Å². The summed E-state index contributed by atoms with van der Waals surface area (Å²) in [5, 5.41) is 10.1. The van der Waals surface area contributed by atoms with Crippen LogP contribution in [-0.2, 0) is 4.79 Å². The lowest BCUT2D eigenvalue weighted by atomic mass is 9.46. The van der Waals surface area contributed by atoms with E-state index in [4.69, 9.17) is 0 Å². The van der Waals surface area contributed by atoms with Gasteiger partial charge in [-0.1, -0.05) is 26.0 Å². The molecule has 4 aliphatic carbocycles. The van der Waals surface area contributed by atoms with Crippen LogP contribution in [0.4, 0.5) is 0 Å². The summed E-state index contributed by atoms with van der Waals surface area (Å²) in [5.74, 6) is 3.42. The van der Waals surface area contributed by atoms with Gasteiger partial charge in [0.1, 0.15) is 5.78 Å². The highest BCUT2D eigenvalue weighted by Crippen LogP contribution is 2.65. The van der Waals surface area contributed by atoms with Crippen LogP contribution in [-0.4, -0.2) is 17.0 Å². The second-order valence-electron chi connectivity index (χ2n) is 9.47. The molecule has 0 aromatic carbocycles. The highest BCUT2D eigenvalue weighted by atomic mass is 16.3. The molecule has 1 N–H and O–H groups in total. The van der Waals surface area contributed by atoms with Gasteiger partial charge in [0.05, 0.1) is 6.10 Å². The minimum atomic E-state index is -0.0731. The molecule has 0 spiro atoms. The number of rotatable bonds is 1. The second-order valence-corrected chi connectivity index (χ2v) is 9.47. The minimum Gasteiger partial charge on any atom is -0.393 e. The molecular weight excluding hydrogens is 284 g/mol. The highest BCUT2D eigenvalue weighted by Gasteiger charge is 2.58. The zero-order valence-corrected chi connectivity index (χ0v) is 14.9. The van der Waals surface area contributed by atoms with Crippen molar-refractivity contribution < 1.29 is 9.90 Å². The van der Waals surface area contributed by atoms with Crippen molar-refractivity contribution in [3.63, 3.8) is 0 Å². The van der Waals surface area contributed by atoms with Crippen molar-refractivity contribution in [3.8, 4) is 0 Å². The number of aliphatic hydroxyl groups excluding tert-OH is 1. The first-order valence-electron chi connectivity index (χ1n) is 9.74. The SMILES string of the molecule is CC(=O)[C@H]1CC[C@H]2[C@@H]3CC[C@H]4C[C@H](O)CC[C@]4(C)[C@H]3C=C[C@]12C. The summed E-state index contributed by atoms with van der Waals surface area (Å²) in [5.41, 5.74) is 0.471. The van der Waals surface area contributed by atoms with Crippen molar-refractivity contribution in [2.75, 3.05) is 0 Å². The van der Waals surface area contributed by atoms with Gasteiger partial charge in [-0.2, -0.15) is 0 Å². The Hall–Kier alpha value is -0.630. The summed E-state index contributed by atoms with van der Waals surface area (Å²) in [6.45, 7) is 6.63. The molecule has 2 nitrogen and oxygen atoms in total. The molecule has 0 radical (unpaired) electrons. The van der Waals surface area contributed by atoms with Crippen LogP contribution in [0.15, 0.2) is 12.2 Å². The quantitative estimate of drug-likeness (QED) is 0.729. The van der Waals surface area contributed by atoms with E-state index in [2.05, 4.69) is 26.0 Å². The Morgan fingerprint density at radius 1 is 1.13 bits per heavy atom. The van der Waals surface area contributed by atoms with Gasteiger partial charge >= 0.3 is 0 Å². The molecule has 8 atom stereocenters. The van der Waals surface area contributed by atoms with Crippen molar-refractivity contribution >= 4 is 5.78 Å². The molecule has 0 aromatic rings. The van der Waals surface area contributed by atoms with Gasteiger partial charge in [-0.3, -0.25) is 4.79 Å². The van der Waals surface area contributed by atoms with E-state index in [0.29, 0.717) is 29.0 Å². The number of ketones is 1. The third kappa shape index (κ3) is 2.13. The zero-order valence-electron chi connectivity index (χ0n) is 14.9. The molecule has 4 rings (SSSR count). The largest absolute Gasteiger partial charge is 0.393 e. The first-order chi connectivity index (χ1) is 10.9. The van der Waals surface area contributed by atoms with Crippen LogP contribution in [0.2, 0.25) is 0 Å². The number of aliphatic hydroxyl groups is 1. The molecular formula is C21H32O2. The minimum absolute atomic E-state index is 0.0731. The van der Waals surface area contributed by atoms with E-state index in [1.54, 1.807) is 6.92 Å². The van der Waals surface area contributed by atoms with Crippen molar-refractivity contribution in [2.45, 2.75) is 71.8 Å². The molecule has 2 heteroatoms. The Morgan fingerprint density at radius 2 is 1.91 bits per heavy atom. The van der Waals surface area contributed by atoms with Crippen LogP contribution >= 0.6 is 0 Å². The fourth-order valence-electron chi connectivity index (χ4n) is 7.25. The van der Waals surface area contributed by atoms with E-state index in [-0.39, 0.29) is 17.4 Å². The molecule has 23 heavy (non-hydrogen) atoms. The van der Waals surface area contributed by atoms with Crippen molar-refractivity contribution in [3.05, 3.63) is 12.2 Å². The third-order valence-electron chi connectivity index (χ3n) is 8.56. The predicted molar refractivity (Wildman–Crippen MR) is 91.8 cm³/mol. The van der Waals surface area contributed by atoms with E-state index in [9.17, 15) is 9.90 Å². The number of allylic oxidation sites excluding steroid dienone is 2. The number of hydrogen-bond acceptors (Lipinski definition) is 2. The lowest BCUT2D eigenvalue weighted by molar-refractivity contribution is -0.124. The molecule has 0 aliphatic heterocycles. The molecule has 128 valence electrons. The van der Waals surface area contributed by atoms with Crippen LogP contribution in [0.1, 0.15) is 65.7 Å². The standard InChI is InChI=1S/C21H32O2/c1-13(22)17-6-7-18-16-5-4-14-12-15(23)8-10-20(14,2)19(16)9-11-21(17,18)3/h9,11,14-19,23H,4-8,10,12H2,1-3H3/t14-,15+,16-,17+,18-,19-,20-,21+/m0/s1. The summed E-state index contributed by atoms with van der Waals surface area (Å²) in [4.78, 5) is 12.1. The van der Waals surface area contributed by atoms with Crippen LogP contribution in [0.5, 0.6) is 0 Å². The Kier molecular flexibility index (Phi) is 3.58. The fraction of sp³-hybridized carbons (Fsp3) is 0.857. The summed E-state index contributed by atoms with van der Waals surface area (Å²) in [7, 11) is 0. The van der Waals surface area contributed by atoms with Gasteiger partial charge in [0.25, 0.3) is 0 Å². The molecule has 0 unspecified atom stereocenters. The van der Waals surface area contributed by atoms with Crippen LogP contribution in [0.3, 0.4) is 0 Å². The molecule has 0 bridgehead atoms. The molecule has 4 aliphatic rings. The molecule has 3 fully saturated rings. The summed E-state index contributed by atoms with van der Waals surface area (Å²) in [6.07, 6.45) is 12.9. The Bertz CT molecular complexity index is 538. The summed E-state index contributed by atoms with van der Waals surface area (Å²) in [6, 6.07) is 0. The predicted octanol–water partition coefficient (Wildman–Crippen LogP) is 4.37. The van der Waals surface area contributed by atoms with E-state index < -0.39 is 0 Å². The normalized spacial score (nSPS) is 55.0. The van der Waals surface area contributed by atoms with Gasteiger partial charge < -0.3 is 5.11 Å². The summed E-state index contributed by atoms with van der Waals surface area (Å²) < 4.78 is 0. The van der Waals surface area contributed by atoms with Gasteiger partial charge in [-0.05, 0) is 86.4 Å². The fourth-order valence-corrected chi connectivity index (χ4v) is 7.25.